The molecule has 0 amide bonds. The van der Waals surface area contributed by atoms with Gasteiger partial charge in [0.05, 0.1) is 10.3 Å². The van der Waals surface area contributed by atoms with Gasteiger partial charge in [-0.25, -0.2) is 9.18 Å². The number of thiophene rings is 1. The monoisotopic (exact) mass is 306 g/mol. The van der Waals surface area contributed by atoms with E-state index in [1.807, 2.05) is 6.07 Å². The van der Waals surface area contributed by atoms with Gasteiger partial charge >= 0.3 is 12.1 Å². The molecule has 0 bridgehead atoms. The summed E-state index contributed by atoms with van der Waals surface area (Å²) in [5.74, 6) is -3.08. The van der Waals surface area contributed by atoms with Crippen molar-refractivity contribution in [3.05, 3.63) is 29.6 Å². The Morgan fingerprint density at radius 1 is 1.40 bits per heavy atom. The summed E-state index contributed by atoms with van der Waals surface area (Å²) in [6.07, 6.45) is -5.08. The SMILES string of the molecule is N#Cc1c(N)sc2c(F)cccc12.O=C(O)C(F)(F)F. The van der Waals surface area contributed by atoms with Crippen molar-refractivity contribution in [3.8, 4) is 6.07 Å². The van der Waals surface area contributed by atoms with Crippen molar-refractivity contribution < 1.29 is 27.5 Å². The second-order valence-corrected chi connectivity index (χ2v) is 4.42. The first-order valence-electron chi connectivity index (χ1n) is 4.85. The molecule has 0 saturated carbocycles. The van der Waals surface area contributed by atoms with Crippen LogP contribution in [0.4, 0.5) is 22.6 Å². The third kappa shape index (κ3) is 3.36. The van der Waals surface area contributed by atoms with Crippen molar-refractivity contribution in [1.82, 2.24) is 0 Å². The average Bonchev–Trinajstić information content (AvgIpc) is 2.66. The molecule has 1 aromatic heterocycles. The number of nitrogen functional groups attached to an aromatic ring is 1. The maximum atomic E-state index is 13.2. The fourth-order valence-corrected chi connectivity index (χ4v) is 2.14. The lowest BCUT2D eigenvalue weighted by molar-refractivity contribution is -0.192. The van der Waals surface area contributed by atoms with E-state index in [9.17, 15) is 17.6 Å². The second-order valence-electron chi connectivity index (χ2n) is 3.37. The molecule has 0 aliphatic carbocycles. The summed E-state index contributed by atoms with van der Waals surface area (Å²) in [6, 6.07) is 6.60. The number of aliphatic carboxylic acids is 1. The van der Waals surface area contributed by atoms with E-state index in [0.29, 0.717) is 20.7 Å². The van der Waals surface area contributed by atoms with Crippen LogP contribution in [-0.4, -0.2) is 17.3 Å². The quantitative estimate of drug-likeness (QED) is 0.732. The fourth-order valence-electron chi connectivity index (χ4n) is 1.22. The van der Waals surface area contributed by atoms with Crippen LogP contribution >= 0.6 is 11.3 Å². The Kier molecular flexibility index (Phi) is 4.52. The molecule has 0 spiro atoms. The highest BCUT2D eigenvalue weighted by Crippen LogP contribution is 2.34. The summed E-state index contributed by atoms with van der Waals surface area (Å²) in [7, 11) is 0. The number of carboxylic acids is 1. The molecule has 1 heterocycles. The second kappa shape index (κ2) is 5.75. The molecular formula is C11H6F4N2O2S. The normalized spacial score (nSPS) is 10.6. The van der Waals surface area contributed by atoms with Gasteiger partial charge in [-0.05, 0) is 6.07 Å². The molecule has 20 heavy (non-hydrogen) atoms. The molecule has 2 rings (SSSR count). The predicted octanol–water partition coefficient (Wildman–Crippen LogP) is 3.13. The fraction of sp³-hybridized carbons (Fsp3) is 0.0909. The summed E-state index contributed by atoms with van der Waals surface area (Å²) in [6.45, 7) is 0. The van der Waals surface area contributed by atoms with E-state index in [2.05, 4.69) is 0 Å². The summed E-state index contributed by atoms with van der Waals surface area (Å²) >= 11 is 1.11. The minimum atomic E-state index is -5.08. The molecule has 0 unspecified atom stereocenters. The highest BCUT2D eigenvalue weighted by Gasteiger charge is 2.38. The zero-order chi connectivity index (χ0) is 15.5. The van der Waals surface area contributed by atoms with Gasteiger partial charge in [-0.2, -0.15) is 18.4 Å². The van der Waals surface area contributed by atoms with Crippen molar-refractivity contribution in [2.24, 2.45) is 0 Å². The predicted molar refractivity (Wildman–Crippen MR) is 64.6 cm³/mol. The molecule has 0 aliphatic heterocycles. The molecule has 3 N–H and O–H groups in total. The number of benzene rings is 1. The Labute approximate surface area is 113 Å². The van der Waals surface area contributed by atoms with Crippen LogP contribution < -0.4 is 5.73 Å². The molecule has 1 aromatic carbocycles. The summed E-state index contributed by atoms with van der Waals surface area (Å²) in [5.41, 5.74) is 5.94. The Hall–Kier alpha value is -2.34. The van der Waals surface area contributed by atoms with Crippen LogP contribution in [0.2, 0.25) is 0 Å². The number of hydrogen-bond donors (Lipinski definition) is 2. The zero-order valence-corrected chi connectivity index (χ0v) is 10.3. The first-order chi connectivity index (χ1) is 9.18. The number of nitriles is 1. The number of carbonyl (C=O) groups is 1. The van der Waals surface area contributed by atoms with E-state index in [1.165, 1.54) is 6.07 Å². The Balaban J connectivity index is 0.000000246. The molecule has 0 radical (unpaired) electrons. The van der Waals surface area contributed by atoms with Gasteiger partial charge in [0.25, 0.3) is 0 Å². The van der Waals surface area contributed by atoms with Gasteiger partial charge in [-0.1, -0.05) is 12.1 Å². The minimum absolute atomic E-state index is 0.323. The highest BCUT2D eigenvalue weighted by molar-refractivity contribution is 7.23. The van der Waals surface area contributed by atoms with Crippen LogP contribution in [0, 0.1) is 17.1 Å². The number of fused-ring (bicyclic) bond motifs is 1. The van der Waals surface area contributed by atoms with Crippen LogP contribution in [0.5, 0.6) is 0 Å². The number of rotatable bonds is 0. The third-order valence-electron chi connectivity index (χ3n) is 2.05. The zero-order valence-electron chi connectivity index (χ0n) is 9.53. The van der Waals surface area contributed by atoms with Gasteiger partial charge in [-0.15, -0.1) is 11.3 Å². The van der Waals surface area contributed by atoms with Gasteiger partial charge in [-0.3, -0.25) is 0 Å². The van der Waals surface area contributed by atoms with Gasteiger partial charge < -0.3 is 10.8 Å². The van der Waals surface area contributed by atoms with Gasteiger partial charge in [0.15, 0.2) is 0 Å². The first kappa shape index (κ1) is 15.7. The number of hydrogen-bond acceptors (Lipinski definition) is 4. The van der Waals surface area contributed by atoms with Crippen LogP contribution in [0.3, 0.4) is 0 Å². The maximum Gasteiger partial charge on any atom is 0.490 e. The molecular weight excluding hydrogens is 300 g/mol. The Bertz CT molecular complexity index is 688. The molecule has 9 heteroatoms. The lowest BCUT2D eigenvalue weighted by Crippen LogP contribution is -2.21. The van der Waals surface area contributed by atoms with Gasteiger partial charge in [0.2, 0.25) is 0 Å². The van der Waals surface area contributed by atoms with Crippen molar-refractivity contribution in [3.63, 3.8) is 0 Å². The number of carboxylic acid groups (broad SMARTS) is 1. The van der Waals surface area contributed by atoms with E-state index in [1.54, 1.807) is 12.1 Å². The van der Waals surface area contributed by atoms with Gasteiger partial charge in [0.1, 0.15) is 16.9 Å². The lowest BCUT2D eigenvalue weighted by atomic mass is 10.2. The maximum absolute atomic E-state index is 13.2. The smallest absolute Gasteiger partial charge is 0.475 e. The number of nitrogens with two attached hydrogens (primary N) is 1. The topological polar surface area (TPSA) is 87.1 Å². The third-order valence-corrected chi connectivity index (χ3v) is 3.09. The summed E-state index contributed by atoms with van der Waals surface area (Å²) in [4.78, 5) is 8.90. The molecule has 106 valence electrons. The highest BCUT2D eigenvalue weighted by atomic mass is 32.1. The minimum Gasteiger partial charge on any atom is -0.475 e. The van der Waals surface area contributed by atoms with Crippen LogP contribution in [-0.2, 0) is 4.79 Å². The molecule has 0 saturated heterocycles. The van der Waals surface area contributed by atoms with Crippen LogP contribution in [0.1, 0.15) is 5.56 Å². The molecule has 0 atom stereocenters. The molecule has 0 aliphatic rings. The van der Waals surface area contributed by atoms with Crippen molar-refractivity contribution >= 4 is 32.4 Å². The van der Waals surface area contributed by atoms with Crippen LogP contribution in [0.15, 0.2) is 18.2 Å². The van der Waals surface area contributed by atoms with Crippen molar-refractivity contribution in [2.75, 3.05) is 5.73 Å². The van der Waals surface area contributed by atoms with E-state index >= 15 is 0 Å². The van der Waals surface area contributed by atoms with E-state index in [-0.39, 0.29) is 5.82 Å². The van der Waals surface area contributed by atoms with Gasteiger partial charge in [0, 0.05) is 5.39 Å². The number of anilines is 1. The van der Waals surface area contributed by atoms with Crippen molar-refractivity contribution in [1.29, 1.82) is 5.26 Å². The Morgan fingerprint density at radius 3 is 2.40 bits per heavy atom. The molecule has 2 aromatic rings. The summed E-state index contributed by atoms with van der Waals surface area (Å²) in [5, 5.41) is 16.9. The molecule has 4 nitrogen and oxygen atoms in total. The lowest BCUT2D eigenvalue weighted by Gasteiger charge is -1.93. The number of nitrogens with zero attached hydrogens (tertiary/aromatic N) is 1. The Morgan fingerprint density at radius 2 is 1.95 bits per heavy atom. The van der Waals surface area contributed by atoms with Crippen LogP contribution in [0.25, 0.3) is 10.1 Å². The average molecular weight is 306 g/mol. The largest absolute Gasteiger partial charge is 0.490 e. The summed E-state index contributed by atoms with van der Waals surface area (Å²) < 4.78 is 45.4. The molecule has 0 fully saturated rings. The standard InChI is InChI=1S/C9H5FN2S.C2HF3O2/c10-7-3-1-2-5-6(4-11)9(12)13-8(5)7;3-2(4,5)1(6)7/h1-3H,12H2;(H,6,7). The van der Waals surface area contributed by atoms with E-state index in [0.717, 1.165) is 11.3 Å². The van der Waals surface area contributed by atoms with Crippen molar-refractivity contribution in [2.45, 2.75) is 6.18 Å². The number of halogens is 4. The van der Waals surface area contributed by atoms with E-state index < -0.39 is 12.1 Å². The number of alkyl halides is 3. The van der Waals surface area contributed by atoms with E-state index in [4.69, 9.17) is 20.9 Å². The first-order valence-corrected chi connectivity index (χ1v) is 5.66.